The molecule has 0 aromatic heterocycles. The molecule has 0 aliphatic carbocycles. The van der Waals surface area contributed by atoms with E-state index in [1.165, 1.54) is 4.90 Å². The third kappa shape index (κ3) is 4.89. The molecule has 1 aromatic carbocycles. The summed E-state index contributed by atoms with van der Waals surface area (Å²) >= 11 is 12.3. The lowest BCUT2D eigenvalue weighted by Crippen LogP contribution is -2.49. The second kappa shape index (κ2) is 8.39. The van der Waals surface area contributed by atoms with E-state index in [1.54, 1.807) is 32.0 Å². The van der Waals surface area contributed by atoms with E-state index in [1.807, 2.05) is 13.8 Å². The van der Waals surface area contributed by atoms with Crippen LogP contribution in [-0.2, 0) is 16.1 Å². The topological polar surface area (TPSA) is 49.4 Å². The number of nitrogens with one attached hydrogen (secondary N) is 1. The van der Waals surface area contributed by atoms with Gasteiger partial charge in [-0.15, -0.1) is 0 Å². The van der Waals surface area contributed by atoms with Gasteiger partial charge in [0, 0.05) is 34.6 Å². The van der Waals surface area contributed by atoms with Gasteiger partial charge in [0.25, 0.3) is 0 Å². The summed E-state index contributed by atoms with van der Waals surface area (Å²) in [5.74, 6) is -0.317. The van der Waals surface area contributed by atoms with Crippen LogP contribution >= 0.6 is 23.2 Å². The summed E-state index contributed by atoms with van der Waals surface area (Å²) in [6.07, 6.45) is 0.307. The average molecular weight is 345 g/mol. The summed E-state index contributed by atoms with van der Waals surface area (Å²) in [6, 6.07) is 4.60. The number of carbonyl (C=O) groups is 2. The lowest BCUT2D eigenvalue weighted by molar-refractivity contribution is -0.140. The minimum Gasteiger partial charge on any atom is -0.352 e. The van der Waals surface area contributed by atoms with Gasteiger partial charge in [-0.05, 0) is 32.9 Å². The van der Waals surface area contributed by atoms with Gasteiger partial charge in [0.2, 0.25) is 11.8 Å². The molecule has 1 aromatic rings. The number of rotatable bonds is 6. The molecular formula is C16H22Cl2N2O2. The molecule has 2 amide bonds. The first-order valence-corrected chi connectivity index (χ1v) is 8.06. The number of hydrogen-bond donors (Lipinski definition) is 1. The van der Waals surface area contributed by atoms with Crippen molar-refractivity contribution in [2.24, 2.45) is 0 Å². The fraction of sp³-hybridized carbons (Fsp3) is 0.500. The van der Waals surface area contributed by atoms with E-state index in [4.69, 9.17) is 23.2 Å². The highest BCUT2D eigenvalue weighted by Gasteiger charge is 2.26. The normalized spacial score (nSPS) is 12.1. The van der Waals surface area contributed by atoms with Crippen molar-refractivity contribution in [3.63, 3.8) is 0 Å². The van der Waals surface area contributed by atoms with Crippen molar-refractivity contribution in [1.29, 1.82) is 0 Å². The first-order chi connectivity index (χ1) is 10.3. The fourth-order valence-electron chi connectivity index (χ4n) is 2.04. The van der Waals surface area contributed by atoms with Gasteiger partial charge >= 0.3 is 0 Å². The molecule has 122 valence electrons. The molecule has 1 unspecified atom stereocenters. The van der Waals surface area contributed by atoms with Gasteiger partial charge in [-0.25, -0.2) is 0 Å². The maximum Gasteiger partial charge on any atom is 0.242 e. The van der Waals surface area contributed by atoms with E-state index < -0.39 is 6.04 Å². The van der Waals surface area contributed by atoms with Crippen LogP contribution in [0.1, 0.15) is 39.7 Å². The van der Waals surface area contributed by atoms with Crippen LogP contribution in [-0.4, -0.2) is 28.8 Å². The number of amides is 2. The molecule has 0 aliphatic rings. The highest BCUT2D eigenvalue weighted by Crippen LogP contribution is 2.26. The van der Waals surface area contributed by atoms with Crippen LogP contribution in [0, 0.1) is 0 Å². The Morgan fingerprint density at radius 3 is 2.18 bits per heavy atom. The van der Waals surface area contributed by atoms with Crippen LogP contribution in [0.5, 0.6) is 0 Å². The van der Waals surface area contributed by atoms with E-state index in [0.717, 1.165) is 0 Å². The third-order valence-corrected chi connectivity index (χ3v) is 4.00. The molecule has 4 nitrogen and oxygen atoms in total. The third-order valence-electron chi connectivity index (χ3n) is 3.29. The van der Waals surface area contributed by atoms with Crippen LogP contribution in [0.25, 0.3) is 0 Å². The molecule has 6 heteroatoms. The Labute approximate surface area is 141 Å². The lowest BCUT2D eigenvalue weighted by atomic mass is 10.1. The quantitative estimate of drug-likeness (QED) is 0.856. The average Bonchev–Trinajstić information content (AvgIpc) is 2.45. The number of carbonyl (C=O) groups excluding carboxylic acids is 2. The van der Waals surface area contributed by atoms with Gasteiger partial charge in [-0.1, -0.05) is 36.2 Å². The zero-order valence-electron chi connectivity index (χ0n) is 13.3. The second-order valence-electron chi connectivity index (χ2n) is 5.41. The summed E-state index contributed by atoms with van der Waals surface area (Å²) < 4.78 is 0. The summed E-state index contributed by atoms with van der Waals surface area (Å²) in [5.41, 5.74) is 0.650. The summed E-state index contributed by atoms with van der Waals surface area (Å²) in [4.78, 5) is 25.9. The Hall–Kier alpha value is -1.26. The van der Waals surface area contributed by atoms with Gasteiger partial charge in [0.05, 0.1) is 0 Å². The monoisotopic (exact) mass is 344 g/mol. The Bertz CT molecular complexity index is 527. The Balaban J connectivity index is 3.04. The van der Waals surface area contributed by atoms with Crippen molar-refractivity contribution < 1.29 is 9.59 Å². The molecular weight excluding hydrogens is 323 g/mol. The minimum atomic E-state index is -0.595. The predicted octanol–water partition coefficient (Wildman–Crippen LogP) is 3.65. The van der Waals surface area contributed by atoms with Gasteiger partial charge in [0.1, 0.15) is 6.04 Å². The van der Waals surface area contributed by atoms with Gasteiger partial charge < -0.3 is 10.2 Å². The van der Waals surface area contributed by atoms with Crippen LogP contribution in [0.2, 0.25) is 10.0 Å². The van der Waals surface area contributed by atoms with Crippen LogP contribution in [0.15, 0.2) is 18.2 Å². The van der Waals surface area contributed by atoms with Crippen molar-refractivity contribution in [3.05, 3.63) is 33.8 Å². The number of hydrogen-bond acceptors (Lipinski definition) is 2. The predicted molar refractivity (Wildman–Crippen MR) is 90.0 cm³/mol. The smallest absolute Gasteiger partial charge is 0.242 e. The molecule has 0 heterocycles. The Morgan fingerprint density at radius 2 is 1.73 bits per heavy atom. The molecule has 0 bridgehead atoms. The van der Waals surface area contributed by atoms with Crippen LogP contribution < -0.4 is 5.32 Å². The van der Waals surface area contributed by atoms with E-state index in [0.29, 0.717) is 22.0 Å². The molecule has 0 aliphatic heterocycles. The van der Waals surface area contributed by atoms with Crippen LogP contribution in [0.4, 0.5) is 0 Å². The van der Waals surface area contributed by atoms with Crippen LogP contribution in [0.3, 0.4) is 0 Å². The lowest BCUT2D eigenvalue weighted by Gasteiger charge is -2.29. The molecule has 0 radical (unpaired) electrons. The van der Waals surface area contributed by atoms with Crippen molar-refractivity contribution in [2.45, 2.75) is 52.7 Å². The summed E-state index contributed by atoms with van der Waals surface area (Å²) in [7, 11) is 0. The van der Waals surface area contributed by atoms with Gasteiger partial charge in [0.15, 0.2) is 0 Å². The fourth-order valence-corrected chi connectivity index (χ4v) is 2.56. The molecule has 1 N–H and O–H groups in total. The van der Waals surface area contributed by atoms with Crippen molar-refractivity contribution in [2.75, 3.05) is 0 Å². The second-order valence-corrected chi connectivity index (χ2v) is 6.23. The van der Waals surface area contributed by atoms with Gasteiger partial charge in [-0.3, -0.25) is 9.59 Å². The van der Waals surface area contributed by atoms with E-state index in [2.05, 4.69) is 5.32 Å². The molecule has 0 saturated heterocycles. The SMILES string of the molecule is CCC(=O)N(Cc1c(Cl)cccc1Cl)C(C)C(=O)NC(C)C. The Morgan fingerprint density at radius 1 is 1.18 bits per heavy atom. The standard InChI is InChI=1S/C16H22Cl2N2O2/c1-5-15(21)20(11(4)16(22)19-10(2)3)9-12-13(17)7-6-8-14(12)18/h6-8,10-11H,5,9H2,1-4H3,(H,19,22). The highest BCUT2D eigenvalue weighted by atomic mass is 35.5. The molecule has 0 fully saturated rings. The van der Waals surface area contributed by atoms with E-state index in [9.17, 15) is 9.59 Å². The number of halogens is 2. The minimum absolute atomic E-state index is 0.0115. The molecule has 1 rings (SSSR count). The molecule has 1 atom stereocenters. The summed E-state index contributed by atoms with van der Waals surface area (Å²) in [5, 5.41) is 3.79. The largest absolute Gasteiger partial charge is 0.352 e. The van der Waals surface area contributed by atoms with E-state index in [-0.39, 0.29) is 24.4 Å². The zero-order chi connectivity index (χ0) is 16.9. The molecule has 0 spiro atoms. The molecule has 22 heavy (non-hydrogen) atoms. The maximum absolute atomic E-state index is 12.2. The zero-order valence-corrected chi connectivity index (χ0v) is 14.8. The maximum atomic E-state index is 12.2. The first kappa shape index (κ1) is 18.8. The Kier molecular flexibility index (Phi) is 7.17. The van der Waals surface area contributed by atoms with Crippen molar-refractivity contribution in [3.8, 4) is 0 Å². The molecule has 0 saturated carbocycles. The first-order valence-electron chi connectivity index (χ1n) is 7.30. The number of benzene rings is 1. The number of nitrogens with zero attached hydrogens (tertiary/aromatic N) is 1. The van der Waals surface area contributed by atoms with Crippen molar-refractivity contribution in [1.82, 2.24) is 10.2 Å². The summed E-state index contributed by atoms with van der Waals surface area (Å²) in [6.45, 7) is 7.42. The van der Waals surface area contributed by atoms with Gasteiger partial charge in [-0.2, -0.15) is 0 Å². The van der Waals surface area contributed by atoms with Crippen molar-refractivity contribution >= 4 is 35.0 Å². The highest BCUT2D eigenvalue weighted by molar-refractivity contribution is 6.36. The van der Waals surface area contributed by atoms with E-state index >= 15 is 0 Å².